The van der Waals surface area contributed by atoms with Crippen LogP contribution >= 0.6 is 11.8 Å². The van der Waals surface area contributed by atoms with E-state index in [1.807, 2.05) is 18.4 Å². The zero-order chi connectivity index (χ0) is 13.7. The van der Waals surface area contributed by atoms with Crippen LogP contribution in [0.4, 0.5) is 0 Å². The van der Waals surface area contributed by atoms with Gasteiger partial charge in [0, 0.05) is 10.9 Å². The molecular formula is C13H19NO3S. The van der Waals surface area contributed by atoms with Gasteiger partial charge in [-0.1, -0.05) is 6.92 Å². The van der Waals surface area contributed by atoms with Gasteiger partial charge in [0.05, 0.1) is 13.5 Å². The van der Waals surface area contributed by atoms with Crippen LogP contribution in [0.2, 0.25) is 0 Å². The molecule has 1 aromatic rings. The Balaban J connectivity index is 3.20. The molecule has 0 amide bonds. The molecule has 18 heavy (non-hydrogen) atoms. The van der Waals surface area contributed by atoms with Gasteiger partial charge in [0.2, 0.25) is 0 Å². The van der Waals surface area contributed by atoms with E-state index in [-0.39, 0.29) is 6.42 Å². The highest BCUT2D eigenvalue weighted by molar-refractivity contribution is 7.98. The molecule has 100 valence electrons. The minimum Gasteiger partial charge on any atom is -0.496 e. The number of carbonyl (C=O) groups is 1. The zero-order valence-electron chi connectivity index (χ0n) is 10.9. The average molecular weight is 269 g/mol. The molecule has 0 spiro atoms. The van der Waals surface area contributed by atoms with Crippen molar-refractivity contribution in [2.24, 2.45) is 5.73 Å². The third kappa shape index (κ3) is 3.40. The molecule has 0 aliphatic rings. The maximum absolute atomic E-state index is 10.7. The minimum absolute atomic E-state index is 0.0812. The average Bonchev–Trinajstić information content (AvgIpc) is 2.36. The summed E-state index contributed by atoms with van der Waals surface area (Å²) in [5, 5.41) is 8.82. The van der Waals surface area contributed by atoms with Gasteiger partial charge in [0.15, 0.2) is 0 Å². The number of nitrogens with two attached hydrogens (primary N) is 1. The Morgan fingerprint density at radius 2 is 2.22 bits per heavy atom. The van der Waals surface area contributed by atoms with Crippen LogP contribution in [-0.4, -0.2) is 24.4 Å². The summed E-state index contributed by atoms with van der Waals surface area (Å²) < 4.78 is 5.32. The fourth-order valence-corrected chi connectivity index (χ4v) is 2.55. The molecule has 1 atom stereocenters. The Labute approximate surface area is 112 Å². The number of carboxylic acid groups (broad SMARTS) is 1. The van der Waals surface area contributed by atoms with E-state index in [0.29, 0.717) is 0 Å². The molecule has 0 aliphatic carbocycles. The van der Waals surface area contributed by atoms with Crippen molar-refractivity contribution in [3.8, 4) is 5.75 Å². The molecule has 1 rings (SSSR count). The number of aryl methyl sites for hydroxylation is 1. The van der Waals surface area contributed by atoms with Gasteiger partial charge >= 0.3 is 5.97 Å². The van der Waals surface area contributed by atoms with Crippen molar-refractivity contribution in [3.63, 3.8) is 0 Å². The number of carboxylic acids is 1. The maximum atomic E-state index is 10.7. The fraction of sp³-hybridized carbons (Fsp3) is 0.462. The number of aliphatic carboxylic acids is 1. The van der Waals surface area contributed by atoms with E-state index in [0.717, 1.165) is 28.2 Å². The molecule has 5 heteroatoms. The van der Waals surface area contributed by atoms with E-state index < -0.39 is 12.0 Å². The molecule has 1 aromatic carbocycles. The normalized spacial score (nSPS) is 12.2. The highest BCUT2D eigenvalue weighted by atomic mass is 32.2. The van der Waals surface area contributed by atoms with Crippen LogP contribution in [-0.2, 0) is 11.2 Å². The molecular weight excluding hydrogens is 250 g/mol. The first kappa shape index (κ1) is 14.9. The van der Waals surface area contributed by atoms with E-state index in [4.69, 9.17) is 15.6 Å². The lowest BCUT2D eigenvalue weighted by atomic mass is 10.0. The van der Waals surface area contributed by atoms with Gasteiger partial charge in [0.25, 0.3) is 0 Å². The standard InChI is InChI=1S/C13H19NO3S/c1-4-8-5-12(18-3)9(6-11(8)17-2)10(14)7-13(15)16/h5-6,10H,4,7,14H2,1-3H3,(H,15,16). The SMILES string of the molecule is CCc1cc(SC)c(C(N)CC(=O)O)cc1OC. The molecule has 0 fully saturated rings. The quantitative estimate of drug-likeness (QED) is 0.776. The second-order valence-electron chi connectivity index (χ2n) is 3.96. The summed E-state index contributed by atoms with van der Waals surface area (Å²) in [6.45, 7) is 2.05. The van der Waals surface area contributed by atoms with Crippen molar-refractivity contribution >= 4 is 17.7 Å². The summed E-state index contributed by atoms with van der Waals surface area (Å²) in [5.74, 6) is -0.126. The lowest BCUT2D eigenvalue weighted by Crippen LogP contribution is -2.16. The molecule has 0 radical (unpaired) electrons. The molecule has 0 aromatic heterocycles. The van der Waals surface area contributed by atoms with Crippen molar-refractivity contribution in [1.29, 1.82) is 0 Å². The lowest BCUT2D eigenvalue weighted by Gasteiger charge is -2.17. The van der Waals surface area contributed by atoms with Crippen molar-refractivity contribution in [2.75, 3.05) is 13.4 Å². The molecule has 0 saturated heterocycles. The summed E-state index contributed by atoms with van der Waals surface area (Å²) >= 11 is 1.57. The van der Waals surface area contributed by atoms with Gasteiger partial charge in [-0.15, -0.1) is 11.8 Å². The van der Waals surface area contributed by atoms with Gasteiger partial charge in [-0.05, 0) is 35.9 Å². The molecule has 1 unspecified atom stereocenters. The smallest absolute Gasteiger partial charge is 0.305 e. The molecule has 0 saturated carbocycles. The Kier molecular flexibility index (Phi) is 5.50. The summed E-state index contributed by atoms with van der Waals surface area (Å²) in [5.41, 5.74) is 7.87. The Morgan fingerprint density at radius 1 is 1.56 bits per heavy atom. The third-order valence-electron chi connectivity index (χ3n) is 2.81. The van der Waals surface area contributed by atoms with Crippen LogP contribution in [0.5, 0.6) is 5.75 Å². The fourth-order valence-electron chi connectivity index (χ4n) is 1.85. The second kappa shape index (κ2) is 6.66. The van der Waals surface area contributed by atoms with Crippen LogP contribution in [0.15, 0.2) is 17.0 Å². The zero-order valence-corrected chi connectivity index (χ0v) is 11.7. The van der Waals surface area contributed by atoms with E-state index in [1.54, 1.807) is 18.9 Å². The minimum atomic E-state index is -0.895. The summed E-state index contributed by atoms with van der Waals surface area (Å²) in [6, 6.07) is 3.38. The third-order valence-corrected chi connectivity index (χ3v) is 3.60. The second-order valence-corrected chi connectivity index (χ2v) is 4.81. The number of rotatable bonds is 6. The number of ether oxygens (including phenoxy) is 1. The number of methoxy groups -OCH3 is 1. The predicted octanol–water partition coefficient (Wildman–Crippen LogP) is 2.45. The number of hydrogen-bond donors (Lipinski definition) is 2. The van der Waals surface area contributed by atoms with Crippen molar-refractivity contribution in [2.45, 2.75) is 30.7 Å². The van der Waals surface area contributed by atoms with Crippen molar-refractivity contribution < 1.29 is 14.6 Å². The lowest BCUT2D eigenvalue weighted by molar-refractivity contribution is -0.137. The first-order chi connectivity index (χ1) is 8.53. The van der Waals surface area contributed by atoms with E-state index in [1.165, 1.54) is 0 Å². The molecule has 0 heterocycles. The van der Waals surface area contributed by atoms with Crippen LogP contribution in [0, 0.1) is 0 Å². The molecule has 3 N–H and O–H groups in total. The highest BCUT2D eigenvalue weighted by Crippen LogP contribution is 2.33. The van der Waals surface area contributed by atoms with Gasteiger partial charge in [-0.2, -0.15) is 0 Å². The van der Waals surface area contributed by atoms with Gasteiger partial charge in [0.1, 0.15) is 5.75 Å². The predicted molar refractivity (Wildman–Crippen MR) is 73.3 cm³/mol. The van der Waals surface area contributed by atoms with Crippen LogP contribution in [0.1, 0.15) is 30.5 Å². The monoisotopic (exact) mass is 269 g/mol. The largest absolute Gasteiger partial charge is 0.496 e. The Bertz CT molecular complexity index is 434. The first-order valence-corrected chi connectivity index (χ1v) is 6.98. The molecule has 4 nitrogen and oxygen atoms in total. The Morgan fingerprint density at radius 3 is 2.67 bits per heavy atom. The van der Waals surface area contributed by atoms with E-state index in [2.05, 4.69) is 6.92 Å². The summed E-state index contributed by atoms with van der Waals surface area (Å²) in [4.78, 5) is 11.8. The first-order valence-electron chi connectivity index (χ1n) is 5.75. The number of thioether (sulfide) groups is 1. The van der Waals surface area contributed by atoms with E-state index in [9.17, 15) is 4.79 Å². The Hall–Kier alpha value is -1.20. The highest BCUT2D eigenvalue weighted by Gasteiger charge is 2.17. The van der Waals surface area contributed by atoms with Crippen LogP contribution in [0.25, 0.3) is 0 Å². The maximum Gasteiger partial charge on any atom is 0.305 e. The van der Waals surface area contributed by atoms with Crippen molar-refractivity contribution in [3.05, 3.63) is 23.3 Å². The molecule has 0 bridgehead atoms. The summed E-state index contributed by atoms with van der Waals surface area (Å²) in [6.07, 6.45) is 2.74. The van der Waals surface area contributed by atoms with Gasteiger partial charge in [-0.3, -0.25) is 4.79 Å². The van der Waals surface area contributed by atoms with Crippen LogP contribution in [0.3, 0.4) is 0 Å². The topological polar surface area (TPSA) is 72.6 Å². The number of benzene rings is 1. The number of hydrogen-bond acceptors (Lipinski definition) is 4. The van der Waals surface area contributed by atoms with E-state index >= 15 is 0 Å². The van der Waals surface area contributed by atoms with Crippen LogP contribution < -0.4 is 10.5 Å². The van der Waals surface area contributed by atoms with Gasteiger partial charge < -0.3 is 15.6 Å². The van der Waals surface area contributed by atoms with Gasteiger partial charge in [-0.25, -0.2) is 0 Å². The molecule has 0 aliphatic heterocycles. The summed E-state index contributed by atoms with van der Waals surface area (Å²) in [7, 11) is 1.61. The van der Waals surface area contributed by atoms with Crippen molar-refractivity contribution in [1.82, 2.24) is 0 Å².